The molecule has 1 heterocycles. The maximum absolute atomic E-state index is 12.1. The lowest BCUT2D eigenvalue weighted by molar-refractivity contribution is -0.145. The maximum Gasteiger partial charge on any atom is 0.311 e. The number of methoxy groups -OCH3 is 1. The van der Waals surface area contributed by atoms with Crippen LogP contribution in [0.1, 0.15) is 6.42 Å². The number of carbonyl (C=O) groups is 2. The lowest BCUT2D eigenvalue weighted by Crippen LogP contribution is -2.26. The van der Waals surface area contributed by atoms with Crippen LogP contribution in [-0.2, 0) is 14.3 Å². The van der Waals surface area contributed by atoms with Crippen molar-refractivity contribution in [2.24, 2.45) is 5.92 Å². The van der Waals surface area contributed by atoms with Crippen molar-refractivity contribution in [3.63, 3.8) is 0 Å². The van der Waals surface area contributed by atoms with E-state index in [0.717, 1.165) is 5.69 Å². The molecule has 2 aromatic rings. The number of nitrogen functional groups attached to an aromatic ring is 1. The molecule has 3 rings (SSSR count). The zero-order chi connectivity index (χ0) is 17.1. The van der Waals surface area contributed by atoms with Gasteiger partial charge in [0.05, 0.1) is 13.0 Å². The van der Waals surface area contributed by atoms with Crippen LogP contribution in [0.5, 0.6) is 11.5 Å². The van der Waals surface area contributed by atoms with Crippen LogP contribution >= 0.6 is 0 Å². The fraction of sp³-hybridized carbons (Fsp3) is 0.222. The standard InChI is InChI=1S/C18H18N2O4/c1-23-18(22)12-10-17(21)20(11-12)14-4-8-16(9-5-14)24-15-6-2-13(19)3-7-15/h2-9,12H,10-11,19H2,1H3. The number of nitrogens with two attached hydrogens (primary N) is 1. The van der Waals surface area contributed by atoms with Gasteiger partial charge in [-0.1, -0.05) is 0 Å². The summed E-state index contributed by atoms with van der Waals surface area (Å²) in [6.07, 6.45) is 0.177. The van der Waals surface area contributed by atoms with E-state index in [0.29, 0.717) is 23.7 Å². The first kappa shape index (κ1) is 15.9. The Morgan fingerprint density at radius 2 is 1.67 bits per heavy atom. The van der Waals surface area contributed by atoms with Gasteiger partial charge in [0.25, 0.3) is 0 Å². The van der Waals surface area contributed by atoms with Crippen molar-refractivity contribution in [1.82, 2.24) is 0 Å². The number of ether oxygens (including phenoxy) is 2. The van der Waals surface area contributed by atoms with Gasteiger partial charge >= 0.3 is 5.97 Å². The van der Waals surface area contributed by atoms with E-state index in [-0.39, 0.29) is 18.3 Å². The summed E-state index contributed by atoms with van der Waals surface area (Å²) in [5.41, 5.74) is 7.04. The van der Waals surface area contributed by atoms with Crippen molar-refractivity contribution in [1.29, 1.82) is 0 Å². The van der Waals surface area contributed by atoms with Gasteiger partial charge in [-0.05, 0) is 48.5 Å². The van der Waals surface area contributed by atoms with Gasteiger partial charge in [0.2, 0.25) is 5.91 Å². The third-order valence-corrected chi connectivity index (χ3v) is 3.92. The van der Waals surface area contributed by atoms with Crippen LogP contribution in [0, 0.1) is 5.92 Å². The molecule has 1 saturated heterocycles. The number of esters is 1. The highest BCUT2D eigenvalue weighted by molar-refractivity contribution is 5.99. The lowest BCUT2D eigenvalue weighted by atomic mass is 10.1. The molecule has 1 aliphatic heterocycles. The van der Waals surface area contributed by atoms with Gasteiger partial charge in [0, 0.05) is 24.3 Å². The first-order valence-corrected chi connectivity index (χ1v) is 7.58. The van der Waals surface area contributed by atoms with E-state index in [2.05, 4.69) is 0 Å². The molecule has 1 unspecified atom stereocenters. The second kappa shape index (κ2) is 6.62. The highest BCUT2D eigenvalue weighted by atomic mass is 16.5. The summed E-state index contributed by atoms with van der Waals surface area (Å²) in [7, 11) is 1.33. The Bertz CT molecular complexity index is 741. The van der Waals surface area contributed by atoms with Gasteiger partial charge in [-0.15, -0.1) is 0 Å². The quantitative estimate of drug-likeness (QED) is 0.690. The molecular formula is C18H18N2O4. The predicted molar refractivity (Wildman–Crippen MR) is 89.8 cm³/mol. The van der Waals surface area contributed by atoms with Crippen LogP contribution in [0.15, 0.2) is 48.5 Å². The van der Waals surface area contributed by atoms with Crippen molar-refractivity contribution >= 4 is 23.3 Å². The molecule has 1 fully saturated rings. The zero-order valence-electron chi connectivity index (χ0n) is 13.3. The number of carbonyl (C=O) groups excluding carboxylic acids is 2. The average molecular weight is 326 g/mol. The zero-order valence-corrected chi connectivity index (χ0v) is 13.3. The topological polar surface area (TPSA) is 81.9 Å². The van der Waals surface area contributed by atoms with Crippen molar-refractivity contribution in [2.75, 3.05) is 24.3 Å². The molecule has 124 valence electrons. The van der Waals surface area contributed by atoms with Gasteiger partial charge in [-0.3, -0.25) is 9.59 Å². The van der Waals surface area contributed by atoms with Gasteiger partial charge in [-0.2, -0.15) is 0 Å². The highest BCUT2D eigenvalue weighted by Gasteiger charge is 2.35. The number of hydrogen-bond acceptors (Lipinski definition) is 5. The summed E-state index contributed by atoms with van der Waals surface area (Å²) in [6, 6.07) is 14.3. The van der Waals surface area contributed by atoms with Crippen molar-refractivity contribution in [2.45, 2.75) is 6.42 Å². The summed E-state index contributed by atoms with van der Waals surface area (Å²) >= 11 is 0. The minimum absolute atomic E-state index is 0.0856. The average Bonchev–Trinajstić information content (AvgIpc) is 2.99. The normalized spacial score (nSPS) is 17.0. The Labute approximate surface area is 139 Å². The van der Waals surface area contributed by atoms with Crippen molar-refractivity contribution in [3.05, 3.63) is 48.5 Å². The molecule has 2 N–H and O–H groups in total. The molecule has 1 atom stereocenters. The molecule has 0 bridgehead atoms. The predicted octanol–water partition coefficient (Wildman–Crippen LogP) is 2.59. The monoisotopic (exact) mass is 326 g/mol. The van der Waals surface area contributed by atoms with Gasteiger partial charge in [-0.25, -0.2) is 0 Å². The Balaban J connectivity index is 1.69. The van der Waals surface area contributed by atoms with Gasteiger partial charge in [0.1, 0.15) is 11.5 Å². The third-order valence-electron chi connectivity index (χ3n) is 3.92. The van der Waals surface area contributed by atoms with E-state index in [1.807, 2.05) is 0 Å². The summed E-state index contributed by atoms with van der Waals surface area (Å²) in [5.74, 6) is 0.486. The molecule has 0 spiro atoms. The Morgan fingerprint density at radius 1 is 1.08 bits per heavy atom. The minimum Gasteiger partial charge on any atom is -0.469 e. The Hall–Kier alpha value is -3.02. The minimum atomic E-state index is -0.409. The number of anilines is 2. The number of benzene rings is 2. The second-order valence-corrected chi connectivity index (χ2v) is 5.59. The van der Waals surface area contributed by atoms with Crippen molar-refractivity contribution < 1.29 is 19.1 Å². The largest absolute Gasteiger partial charge is 0.469 e. The summed E-state index contributed by atoms with van der Waals surface area (Å²) in [6.45, 7) is 0.337. The van der Waals surface area contributed by atoms with Crippen LogP contribution in [0.25, 0.3) is 0 Å². The number of rotatable bonds is 4. The molecule has 2 aromatic carbocycles. The summed E-state index contributed by atoms with van der Waals surface area (Å²) in [5, 5.41) is 0. The van der Waals surface area contributed by atoms with Crippen molar-refractivity contribution in [3.8, 4) is 11.5 Å². The number of nitrogens with zero attached hydrogens (tertiary/aromatic N) is 1. The van der Waals surface area contributed by atoms with Crippen LogP contribution in [-0.4, -0.2) is 25.5 Å². The Kier molecular flexibility index (Phi) is 4.37. The maximum atomic E-state index is 12.1. The first-order chi connectivity index (χ1) is 11.6. The third kappa shape index (κ3) is 3.32. The fourth-order valence-corrected chi connectivity index (χ4v) is 2.65. The molecular weight excluding hydrogens is 308 g/mol. The van der Waals surface area contributed by atoms with Gasteiger partial charge < -0.3 is 20.1 Å². The lowest BCUT2D eigenvalue weighted by Gasteiger charge is -2.17. The van der Waals surface area contributed by atoms with Crippen LogP contribution < -0.4 is 15.4 Å². The van der Waals surface area contributed by atoms with E-state index in [4.69, 9.17) is 15.2 Å². The van der Waals surface area contributed by atoms with E-state index in [1.165, 1.54) is 7.11 Å². The van der Waals surface area contributed by atoms with E-state index in [1.54, 1.807) is 53.4 Å². The molecule has 24 heavy (non-hydrogen) atoms. The first-order valence-electron chi connectivity index (χ1n) is 7.58. The molecule has 1 aliphatic rings. The molecule has 0 radical (unpaired) electrons. The Morgan fingerprint density at radius 3 is 2.25 bits per heavy atom. The second-order valence-electron chi connectivity index (χ2n) is 5.59. The van der Waals surface area contributed by atoms with Crippen LogP contribution in [0.3, 0.4) is 0 Å². The van der Waals surface area contributed by atoms with Crippen LogP contribution in [0.2, 0.25) is 0 Å². The number of hydrogen-bond donors (Lipinski definition) is 1. The highest BCUT2D eigenvalue weighted by Crippen LogP contribution is 2.29. The van der Waals surface area contributed by atoms with E-state index in [9.17, 15) is 9.59 Å². The molecule has 0 aliphatic carbocycles. The SMILES string of the molecule is COC(=O)C1CC(=O)N(c2ccc(Oc3ccc(N)cc3)cc2)C1. The molecule has 0 saturated carbocycles. The molecule has 6 heteroatoms. The fourth-order valence-electron chi connectivity index (χ4n) is 2.65. The summed E-state index contributed by atoms with van der Waals surface area (Å²) in [4.78, 5) is 25.3. The molecule has 0 aromatic heterocycles. The van der Waals surface area contributed by atoms with E-state index < -0.39 is 5.92 Å². The number of amides is 1. The van der Waals surface area contributed by atoms with Crippen LogP contribution in [0.4, 0.5) is 11.4 Å². The van der Waals surface area contributed by atoms with E-state index >= 15 is 0 Å². The molecule has 6 nitrogen and oxygen atoms in total. The van der Waals surface area contributed by atoms with Gasteiger partial charge in [0.15, 0.2) is 0 Å². The smallest absolute Gasteiger partial charge is 0.311 e. The molecule has 1 amide bonds. The summed E-state index contributed by atoms with van der Waals surface area (Å²) < 4.78 is 10.4.